The van der Waals surface area contributed by atoms with Gasteiger partial charge in [-0.3, -0.25) is 4.90 Å². The van der Waals surface area contributed by atoms with E-state index in [4.69, 9.17) is 14.1 Å². The number of ether oxygens (including phenoxy) is 1. The number of guanidine groups is 1. The minimum absolute atomic E-state index is 0.0544. The summed E-state index contributed by atoms with van der Waals surface area (Å²) in [5, 5.41) is 6.91. The quantitative estimate of drug-likeness (QED) is 0.497. The van der Waals surface area contributed by atoms with Crippen LogP contribution in [0.1, 0.15) is 63.8 Å². The zero-order valence-electron chi connectivity index (χ0n) is 20.4. The SMILES string of the molecule is CCNC(=NCc1ncc(C(C)(C)C)o1)NCC1CCCN(C)C1c1ccc(OC)cc1. The molecule has 2 aromatic rings. The van der Waals surface area contributed by atoms with E-state index in [-0.39, 0.29) is 5.41 Å². The number of hydrogen-bond donors (Lipinski definition) is 2. The van der Waals surface area contributed by atoms with Crippen LogP contribution in [0, 0.1) is 5.92 Å². The third kappa shape index (κ3) is 6.25. The third-order valence-corrected chi connectivity index (χ3v) is 6.01. The van der Waals surface area contributed by atoms with Crippen LogP contribution >= 0.6 is 0 Å². The summed E-state index contributed by atoms with van der Waals surface area (Å²) in [4.78, 5) is 11.6. The van der Waals surface area contributed by atoms with E-state index in [1.54, 1.807) is 7.11 Å². The van der Waals surface area contributed by atoms with Crippen LogP contribution < -0.4 is 15.4 Å². The maximum absolute atomic E-state index is 5.89. The Balaban J connectivity index is 1.67. The summed E-state index contributed by atoms with van der Waals surface area (Å²) in [6.07, 6.45) is 4.19. The van der Waals surface area contributed by atoms with Gasteiger partial charge in [0.1, 0.15) is 18.1 Å². The summed E-state index contributed by atoms with van der Waals surface area (Å²) in [6.45, 7) is 11.6. The highest BCUT2D eigenvalue weighted by molar-refractivity contribution is 5.79. The molecule has 0 saturated carbocycles. The van der Waals surface area contributed by atoms with Gasteiger partial charge >= 0.3 is 0 Å². The number of aliphatic imine (C=N–C) groups is 1. The molecule has 7 nitrogen and oxygen atoms in total. The number of piperidine rings is 1. The number of rotatable bonds is 7. The highest BCUT2D eigenvalue weighted by Gasteiger charge is 2.30. The van der Waals surface area contributed by atoms with Crippen LogP contribution in [0.2, 0.25) is 0 Å². The minimum atomic E-state index is -0.0544. The molecule has 7 heteroatoms. The van der Waals surface area contributed by atoms with Crippen LogP contribution in [0.15, 0.2) is 39.9 Å². The molecule has 176 valence electrons. The zero-order chi connectivity index (χ0) is 23.1. The first kappa shape index (κ1) is 24.1. The summed E-state index contributed by atoms with van der Waals surface area (Å²) in [7, 11) is 3.92. The lowest BCUT2D eigenvalue weighted by atomic mass is 9.85. The predicted octanol–water partition coefficient (Wildman–Crippen LogP) is 4.12. The van der Waals surface area contributed by atoms with Gasteiger partial charge in [0.15, 0.2) is 5.96 Å². The number of oxazole rings is 1. The molecule has 2 unspecified atom stereocenters. The molecule has 32 heavy (non-hydrogen) atoms. The van der Waals surface area contributed by atoms with E-state index in [9.17, 15) is 0 Å². The number of nitrogens with one attached hydrogen (secondary N) is 2. The molecule has 0 amide bonds. The second kappa shape index (κ2) is 10.9. The summed E-state index contributed by atoms with van der Waals surface area (Å²) >= 11 is 0. The van der Waals surface area contributed by atoms with Gasteiger partial charge in [-0.05, 0) is 57.0 Å². The van der Waals surface area contributed by atoms with Crippen LogP contribution in [0.3, 0.4) is 0 Å². The molecular weight excluding hydrogens is 402 g/mol. The average molecular weight is 442 g/mol. The van der Waals surface area contributed by atoms with E-state index in [1.165, 1.54) is 18.4 Å². The van der Waals surface area contributed by atoms with E-state index in [2.05, 4.69) is 79.5 Å². The molecule has 1 aromatic heterocycles. The lowest BCUT2D eigenvalue weighted by Gasteiger charge is -2.40. The van der Waals surface area contributed by atoms with E-state index >= 15 is 0 Å². The number of hydrogen-bond acceptors (Lipinski definition) is 5. The molecule has 2 atom stereocenters. The van der Waals surface area contributed by atoms with Crippen molar-refractivity contribution in [2.45, 2.75) is 58.5 Å². The second-order valence-corrected chi connectivity index (χ2v) is 9.55. The summed E-state index contributed by atoms with van der Waals surface area (Å²) < 4.78 is 11.2. The Kier molecular flexibility index (Phi) is 8.18. The first-order valence-electron chi connectivity index (χ1n) is 11.6. The van der Waals surface area contributed by atoms with Gasteiger partial charge < -0.3 is 19.8 Å². The van der Waals surface area contributed by atoms with Crippen molar-refractivity contribution in [3.05, 3.63) is 47.7 Å². The lowest BCUT2D eigenvalue weighted by molar-refractivity contribution is 0.122. The van der Waals surface area contributed by atoms with Gasteiger partial charge in [0, 0.05) is 24.5 Å². The average Bonchev–Trinajstić information content (AvgIpc) is 3.26. The van der Waals surface area contributed by atoms with Gasteiger partial charge in [0.2, 0.25) is 5.89 Å². The molecule has 1 aromatic carbocycles. The third-order valence-electron chi connectivity index (χ3n) is 6.01. The van der Waals surface area contributed by atoms with Gasteiger partial charge in [-0.15, -0.1) is 0 Å². The number of benzene rings is 1. The Morgan fingerprint density at radius 3 is 2.62 bits per heavy atom. The smallest absolute Gasteiger partial charge is 0.216 e. The van der Waals surface area contributed by atoms with E-state index in [0.717, 1.165) is 37.1 Å². The Bertz CT molecular complexity index is 869. The van der Waals surface area contributed by atoms with Crippen LogP contribution in [0.5, 0.6) is 5.75 Å². The second-order valence-electron chi connectivity index (χ2n) is 9.55. The van der Waals surface area contributed by atoms with Crippen molar-refractivity contribution < 1.29 is 9.15 Å². The van der Waals surface area contributed by atoms with Gasteiger partial charge in [0.25, 0.3) is 0 Å². The van der Waals surface area contributed by atoms with E-state index in [1.807, 2.05) is 6.20 Å². The Labute approximate surface area is 192 Å². The zero-order valence-corrected chi connectivity index (χ0v) is 20.4. The summed E-state index contributed by atoms with van der Waals surface area (Å²) in [6, 6.07) is 8.84. The van der Waals surface area contributed by atoms with Crippen molar-refractivity contribution in [3.63, 3.8) is 0 Å². The molecule has 0 spiro atoms. The van der Waals surface area contributed by atoms with Gasteiger partial charge in [0.05, 0.1) is 13.3 Å². The van der Waals surface area contributed by atoms with Crippen molar-refractivity contribution in [3.8, 4) is 5.75 Å². The predicted molar refractivity (Wildman–Crippen MR) is 129 cm³/mol. The fraction of sp³-hybridized carbons (Fsp3) is 0.600. The molecule has 1 aliphatic heterocycles. The number of aromatic nitrogens is 1. The molecule has 2 N–H and O–H groups in total. The van der Waals surface area contributed by atoms with Crippen LogP contribution in [0.25, 0.3) is 0 Å². The number of methoxy groups -OCH3 is 1. The van der Waals surface area contributed by atoms with Crippen molar-refractivity contribution in [1.82, 2.24) is 20.5 Å². The van der Waals surface area contributed by atoms with Crippen molar-refractivity contribution in [2.24, 2.45) is 10.9 Å². The maximum atomic E-state index is 5.89. The van der Waals surface area contributed by atoms with Crippen molar-refractivity contribution in [2.75, 3.05) is 33.8 Å². The van der Waals surface area contributed by atoms with Crippen molar-refractivity contribution >= 4 is 5.96 Å². The Morgan fingerprint density at radius 2 is 2.00 bits per heavy atom. The van der Waals surface area contributed by atoms with Crippen molar-refractivity contribution in [1.29, 1.82) is 0 Å². The minimum Gasteiger partial charge on any atom is -0.497 e. The fourth-order valence-electron chi connectivity index (χ4n) is 4.25. The van der Waals surface area contributed by atoms with E-state index in [0.29, 0.717) is 24.4 Å². The number of nitrogens with zero attached hydrogens (tertiary/aromatic N) is 3. The van der Waals surface area contributed by atoms with Gasteiger partial charge in [-0.25, -0.2) is 9.98 Å². The normalized spacial score (nSPS) is 20.2. The largest absolute Gasteiger partial charge is 0.497 e. The standard InChI is InChI=1S/C25H39N5O2/c1-7-26-24(29-17-22-27-16-21(32-22)25(2,3)4)28-15-19-9-8-14-30(5)23(19)18-10-12-20(31-6)13-11-18/h10-13,16,19,23H,7-9,14-15,17H2,1-6H3,(H2,26,28,29). The maximum Gasteiger partial charge on any atom is 0.216 e. The monoisotopic (exact) mass is 441 g/mol. The summed E-state index contributed by atoms with van der Waals surface area (Å²) in [5.41, 5.74) is 1.28. The molecule has 0 bridgehead atoms. The molecule has 3 rings (SSSR count). The first-order valence-corrected chi connectivity index (χ1v) is 11.6. The molecule has 2 heterocycles. The fourth-order valence-corrected chi connectivity index (χ4v) is 4.25. The molecule has 1 fully saturated rings. The molecular formula is C25H39N5O2. The van der Waals surface area contributed by atoms with Gasteiger partial charge in [-0.1, -0.05) is 32.9 Å². The molecule has 1 aliphatic rings. The highest BCUT2D eigenvalue weighted by atomic mass is 16.5. The van der Waals surface area contributed by atoms with Crippen LogP contribution in [-0.4, -0.2) is 49.6 Å². The Morgan fingerprint density at radius 1 is 1.25 bits per heavy atom. The van der Waals surface area contributed by atoms with Crippen LogP contribution in [-0.2, 0) is 12.0 Å². The molecule has 0 radical (unpaired) electrons. The highest BCUT2D eigenvalue weighted by Crippen LogP contribution is 2.35. The first-order chi connectivity index (χ1) is 15.3. The van der Waals surface area contributed by atoms with Gasteiger partial charge in [-0.2, -0.15) is 0 Å². The molecule has 0 aliphatic carbocycles. The van der Waals surface area contributed by atoms with Crippen LogP contribution in [0.4, 0.5) is 0 Å². The lowest BCUT2D eigenvalue weighted by Crippen LogP contribution is -2.45. The molecule has 1 saturated heterocycles. The Hall–Kier alpha value is -2.54. The van der Waals surface area contributed by atoms with E-state index < -0.39 is 0 Å². The number of likely N-dealkylation sites (tertiary alicyclic amines) is 1. The topological polar surface area (TPSA) is 74.9 Å². The summed E-state index contributed by atoms with van der Waals surface area (Å²) in [5.74, 6) is 3.70.